The van der Waals surface area contributed by atoms with Gasteiger partial charge in [-0.2, -0.15) is 0 Å². The van der Waals surface area contributed by atoms with Crippen molar-refractivity contribution in [3.8, 4) is 11.3 Å². The van der Waals surface area contributed by atoms with Gasteiger partial charge in [-0.3, -0.25) is 9.69 Å². The van der Waals surface area contributed by atoms with E-state index in [0.717, 1.165) is 62.3 Å². The monoisotopic (exact) mass is 655 g/mol. The first kappa shape index (κ1) is 32.9. The van der Waals surface area contributed by atoms with Gasteiger partial charge in [-0.05, 0) is 38.1 Å². The topological polar surface area (TPSA) is 124 Å². The van der Waals surface area contributed by atoms with Crippen molar-refractivity contribution in [2.45, 2.75) is 46.3 Å². The lowest BCUT2D eigenvalue weighted by Gasteiger charge is -2.34. The van der Waals surface area contributed by atoms with Gasteiger partial charge in [0.2, 0.25) is 5.95 Å². The Balaban J connectivity index is 1.28. The van der Waals surface area contributed by atoms with Crippen molar-refractivity contribution in [3.63, 3.8) is 0 Å². The van der Waals surface area contributed by atoms with Crippen LogP contribution in [0.5, 0.6) is 0 Å². The molecule has 0 bridgehead atoms. The summed E-state index contributed by atoms with van der Waals surface area (Å²) in [6.45, 7) is 12.0. The zero-order valence-electron chi connectivity index (χ0n) is 27.2. The Labute approximate surface area is 277 Å². The summed E-state index contributed by atoms with van der Waals surface area (Å²) < 4.78 is 32.2. The number of imidazole rings is 1. The van der Waals surface area contributed by atoms with Crippen LogP contribution in [-0.2, 0) is 17.9 Å². The molecule has 1 atom stereocenters. The van der Waals surface area contributed by atoms with Gasteiger partial charge in [0.05, 0.1) is 18.1 Å². The molecule has 3 N–H and O–H groups in total. The molecule has 48 heavy (non-hydrogen) atoms. The van der Waals surface area contributed by atoms with Gasteiger partial charge >= 0.3 is 5.97 Å². The molecule has 1 aliphatic heterocycles. The number of likely N-dealkylation sites (N-methyl/N-ethyl adjacent to an activating group) is 1. The van der Waals surface area contributed by atoms with Gasteiger partial charge in [0.1, 0.15) is 22.9 Å². The first-order valence-electron chi connectivity index (χ1n) is 16.1. The van der Waals surface area contributed by atoms with Crippen LogP contribution in [0.4, 0.5) is 26.2 Å². The van der Waals surface area contributed by atoms with E-state index in [0.29, 0.717) is 23.7 Å². The number of fused-ring (bicyclic) bond motifs is 1. The summed E-state index contributed by atoms with van der Waals surface area (Å²) in [4.78, 5) is 33.7. The highest BCUT2D eigenvalue weighted by Gasteiger charge is 2.22. The van der Waals surface area contributed by atoms with Crippen LogP contribution in [0.25, 0.3) is 22.3 Å². The first-order chi connectivity index (χ1) is 23.2. The predicted molar refractivity (Wildman–Crippen MR) is 181 cm³/mol. The minimum Gasteiger partial charge on any atom is -0.481 e. The molecule has 250 valence electrons. The molecule has 13 heteroatoms. The largest absolute Gasteiger partial charge is 0.481 e. The van der Waals surface area contributed by atoms with Gasteiger partial charge in [0, 0.05) is 74.4 Å². The number of carboxylic acids is 1. The number of aliphatic carboxylic acids is 1. The van der Waals surface area contributed by atoms with Gasteiger partial charge in [-0.25, -0.2) is 28.7 Å². The van der Waals surface area contributed by atoms with Crippen LogP contribution >= 0.6 is 0 Å². The smallest absolute Gasteiger partial charge is 0.305 e. The maximum atomic E-state index is 15.3. The summed E-state index contributed by atoms with van der Waals surface area (Å²) in [5.74, 6) is -1.40. The number of anilines is 3. The van der Waals surface area contributed by atoms with Gasteiger partial charge in [-0.1, -0.05) is 37.3 Å². The number of nitrogens with one attached hydrogen (secondary N) is 2. The molecule has 0 unspecified atom stereocenters. The number of hydrogen-bond acceptors (Lipinski definition) is 9. The van der Waals surface area contributed by atoms with Crippen LogP contribution in [-0.4, -0.2) is 78.1 Å². The van der Waals surface area contributed by atoms with E-state index in [2.05, 4.69) is 59.4 Å². The lowest BCUT2D eigenvalue weighted by Crippen LogP contribution is -2.45. The summed E-state index contributed by atoms with van der Waals surface area (Å²) in [6, 6.07) is 14.3. The number of aryl methyl sites for hydroxylation is 1. The number of halogens is 2. The third-order valence-corrected chi connectivity index (χ3v) is 8.71. The Morgan fingerprint density at radius 1 is 0.979 bits per heavy atom. The summed E-state index contributed by atoms with van der Waals surface area (Å²) in [7, 11) is 0. The van der Waals surface area contributed by atoms with Crippen molar-refractivity contribution in [1.29, 1.82) is 0 Å². The number of aromatic nitrogens is 5. The molecule has 6 rings (SSSR count). The van der Waals surface area contributed by atoms with E-state index in [-0.39, 0.29) is 29.1 Å². The molecule has 0 spiro atoms. The predicted octanol–water partition coefficient (Wildman–Crippen LogP) is 6.00. The Morgan fingerprint density at radius 2 is 1.73 bits per heavy atom. The van der Waals surface area contributed by atoms with E-state index in [9.17, 15) is 9.90 Å². The fraction of sp³-hybridized carbons (Fsp3) is 0.343. The minimum atomic E-state index is -0.993. The zero-order chi connectivity index (χ0) is 33.8. The molecule has 5 aromatic rings. The molecule has 1 aliphatic rings. The Bertz CT molecular complexity index is 1910. The van der Waals surface area contributed by atoms with Crippen LogP contribution in [0.1, 0.15) is 43.3 Å². The van der Waals surface area contributed by atoms with E-state index in [1.165, 1.54) is 6.07 Å². The van der Waals surface area contributed by atoms with Crippen LogP contribution in [0.15, 0.2) is 60.9 Å². The quantitative estimate of drug-likeness (QED) is 0.147. The molecule has 0 saturated carbocycles. The van der Waals surface area contributed by atoms with Crippen LogP contribution in [0.3, 0.4) is 0 Å². The van der Waals surface area contributed by atoms with Crippen molar-refractivity contribution in [2.75, 3.05) is 43.4 Å². The molecule has 0 amide bonds. The van der Waals surface area contributed by atoms with Crippen LogP contribution < -0.4 is 10.6 Å². The number of benzene rings is 2. The lowest BCUT2D eigenvalue weighted by molar-refractivity contribution is -0.137. The molecular weight excluding hydrogens is 616 g/mol. The van der Waals surface area contributed by atoms with Crippen molar-refractivity contribution in [2.24, 2.45) is 0 Å². The maximum Gasteiger partial charge on any atom is 0.305 e. The van der Waals surface area contributed by atoms with Crippen LogP contribution in [0.2, 0.25) is 0 Å². The third-order valence-electron chi connectivity index (χ3n) is 8.71. The minimum absolute atomic E-state index is 0.0772. The average molecular weight is 656 g/mol. The van der Waals surface area contributed by atoms with E-state index >= 15 is 8.78 Å². The van der Waals surface area contributed by atoms with Crippen LogP contribution in [0, 0.1) is 18.6 Å². The Hall–Kier alpha value is -5.01. The number of rotatable bonds is 12. The molecule has 1 fully saturated rings. The van der Waals surface area contributed by atoms with E-state index < -0.39 is 23.6 Å². The lowest BCUT2D eigenvalue weighted by atomic mass is 10.1. The molecule has 11 nitrogen and oxygen atoms in total. The Morgan fingerprint density at radius 3 is 2.46 bits per heavy atom. The maximum absolute atomic E-state index is 15.3. The summed E-state index contributed by atoms with van der Waals surface area (Å²) in [5, 5.41) is 16.0. The molecule has 4 heterocycles. The van der Waals surface area contributed by atoms with Crippen molar-refractivity contribution < 1.29 is 18.7 Å². The van der Waals surface area contributed by atoms with E-state index in [1.807, 2.05) is 30.5 Å². The summed E-state index contributed by atoms with van der Waals surface area (Å²) in [6.07, 6.45) is 2.68. The highest BCUT2D eigenvalue weighted by Crippen LogP contribution is 2.31. The third kappa shape index (κ3) is 7.42. The number of carboxylic acid groups (broad SMARTS) is 1. The zero-order valence-corrected chi connectivity index (χ0v) is 27.2. The molecule has 1 saturated heterocycles. The summed E-state index contributed by atoms with van der Waals surface area (Å²) >= 11 is 0. The first-order valence-corrected chi connectivity index (χ1v) is 16.1. The summed E-state index contributed by atoms with van der Waals surface area (Å²) in [5.41, 5.74) is 3.58. The van der Waals surface area contributed by atoms with Gasteiger partial charge in [0.15, 0.2) is 11.6 Å². The molecular formula is C35H39F2N9O2. The van der Waals surface area contributed by atoms with Gasteiger partial charge in [0.25, 0.3) is 0 Å². The SMILES string of the molecule is CCN1CCN(Cc2cnc(Nc3ncc(F)c(-c4cc(F)c5nc(C)n([C@H](C)CC(=O)O)c5c4)n3)cc2NCc2ccccc2)CC1. The van der Waals surface area contributed by atoms with Crippen molar-refractivity contribution in [3.05, 3.63) is 89.5 Å². The number of carbonyl (C=O) groups is 1. The standard InChI is InChI=1S/C35H39F2N9O2/c1-4-44-10-12-45(13-11-44)21-26-19-39-31(17-29(26)38-18-24-8-6-5-7-9-24)42-35-40-20-28(37)33(43-35)25-15-27(36)34-30(16-25)46(23(3)41-34)22(2)14-32(47)48/h5-9,15-17,19-20,22H,4,10-14,18,21H2,1-3H3,(H,47,48)(H2,38,39,40,42,43)/t22-/m1/s1. The van der Waals surface area contributed by atoms with Gasteiger partial charge in [-0.15, -0.1) is 0 Å². The van der Waals surface area contributed by atoms with Crippen molar-refractivity contribution in [1.82, 2.24) is 34.3 Å². The number of hydrogen-bond donors (Lipinski definition) is 3. The highest BCUT2D eigenvalue weighted by atomic mass is 19.1. The van der Waals surface area contributed by atoms with E-state index in [1.54, 1.807) is 24.5 Å². The second-order valence-corrected chi connectivity index (χ2v) is 12.1. The van der Waals surface area contributed by atoms with E-state index in [4.69, 9.17) is 0 Å². The average Bonchev–Trinajstić information content (AvgIpc) is 3.42. The molecule has 3 aromatic heterocycles. The number of pyridine rings is 1. The second-order valence-electron chi connectivity index (χ2n) is 12.1. The van der Waals surface area contributed by atoms with Crippen molar-refractivity contribution >= 4 is 34.5 Å². The molecule has 0 aliphatic carbocycles. The fourth-order valence-electron chi connectivity index (χ4n) is 6.19. The number of nitrogens with zero attached hydrogens (tertiary/aromatic N) is 7. The Kier molecular flexibility index (Phi) is 9.88. The fourth-order valence-corrected chi connectivity index (χ4v) is 6.19. The number of piperazine rings is 1. The second kappa shape index (κ2) is 14.4. The molecule has 2 aromatic carbocycles. The van der Waals surface area contributed by atoms with Gasteiger partial charge < -0.3 is 25.2 Å². The normalized spacial score (nSPS) is 14.7. The molecule has 0 radical (unpaired) electrons. The highest BCUT2D eigenvalue weighted by molar-refractivity contribution is 5.83.